The van der Waals surface area contributed by atoms with E-state index in [4.69, 9.17) is 14.6 Å². The summed E-state index contributed by atoms with van der Waals surface area (Å²) in [6.07, 6.45) is 6.62. The molecule has 6 heteroatoms. The van der Waals surface area contributed by atoms with E-state index in [9.17, 15) is 14.4 Å². The Labute approximate surface area is 151 Å². The average Bonchev–Trinajstić information content (AvgIpc) is 2.56. The predicted molar refractivity (Wildman–Crippen MR) is 95.7 cm³/mol. The minimum atomic E-state index is -1.03. The standard InChI is InChI=1S/C19H34O6/c1-3-4-11-24-12-7-5-6-8-13-25-15-18(21)14-17(19(22)23)10-9-16(2)20/h17H,3-15H2,1-2H3,(H,22,23)/t17-/m1/s1. The fraction of sp³-hybridized carbons (Fsp3) is 0.842. The Kier molecular flexibility index (Phi) is 15.4. The minimum absolute atomic E-state index is 0.0516. The predicted octanol–water partition coefficient (Wildman–Crippen LogP) is 3.41. The second-order valence-corrected chi connectivity index (χ2v) is 6.45. The van der Waals surface area contributed by atoms with E-state index in [0.717, 1.165) is 51.7 Å². The second-order valence-electron chi connectivity index (χ2n) is 6.45. The lowest BCUT2D eigenvalue weighted by atomic mass is 9.96. The number of ether oxygens (including phenoxy) is 2. The van der Waals surface area contributed by atoms with Crippen molar-refractivity contribution < 1.29 is 29.0 Å². The Hall–Kier alpha value is -1.27. The molecule has 0 aliphatic rings. The third kappa shape index (κ3) is 16.0. The van der Waals surface area contributed by atoms with Crippen molar-refractivity contribution in [2.45, 2.75) is 71.6 Å². The molecule has 0 aromatic carbocycles. The van der Waals surface area contributed by atoms with Gasteiger partial charge >= 0.3 is 5.97 Å². The zero-order valence-electron chi connectivity index (χ0n) is 15.8. The molecule has 25 heavy (non-hydrogen) atoms. The van der Waals surface area contributed by atoms with Crippen molar-refractivity contribution in [2.24, 2.45) is 5.92 Å². The SMILES string of the molecule is CCCCOCCCCCCOCC(=O)C[C@@H](CCC(C)=O)C(=O)O. The number of aliphatic carboxylic acids is 1. The van der Waals surface area contributed by atoms with E-state index in [-0.39, 0.29) is 37.4 Å². The molecule has 0 aromatic rings. The van der Waals surface area contributed by atoms with E-state index >= 15 is 0 Å². The summed E-state index contributed by atoms with van der Waals surface area (Å²) >= 11 is 0. The van der Waals surface area contributed by atoms with E-state index in [0.29, 0.717) is 6.61 Å². The van der Waals surface area contributed by atoms with Gasteiger partial charge in [-0.15, -0.1) is 0 Å². The first kappa shape index (κ1) is 23.7. The fourth-order valence-electron chi connectivity index (χ4n) is 2.32. The lowest BCUT2D eigenvalue weighted by molar-refractivity contribution is -0.144. The summed E-state index contributed by atoms with van der Waals surface area (Å²) in [5, 5.41) is 9.08. The largest absolute Gasteiger partial charge is 0.481 e. The first-order valence-corrected chi connectivity index (χ1v) is 9.36. The number of carbonyl (C=O) groups excluding carboxylic acids is 2. The third-order valence-electron chi connectivity index (χ3n) is 3.90. The van der Waals surface area contributed by atoms with Gasteiger partial charge in [0, 0.05) is 32.7 Å². The number of hydrogen-bond acceptors (Lipinski definition) is 5. The molecule has 0 bridgehead atoms. The number of carbonyl (C=O) groups is 3. The molecule has 0 aromatic heterocycles. The summed E-state index contributed by atoms with van der Waals surface area (Å²) in [4.78, 5) is 33.8. The van der Waals surface area contributed by atoms with Crippen LogP contribution in [0.15, 0.2) is 0 Å². The van der Waals surface area contributed by atoms with Crippen LogP contribution in [0.4, 0.5) is 0 Å². The maximum Gasteiger partial charge on any atom is 0.306 e. The molecule has 0 amide bonds. The second kappa shape index (κ2) is 16.2. The van der Waals surface area contributed by atoms with Crippen LogP contribution >= 0.6 is 0 Å². The molecular weight excluding hydrogens is 324 g/mol. The molecule has 0 saturated heterocycles. The van der Waals surface area contributed by atoms with Crippen molar-refractivity contribution in [1.29, 1.82) is 0 Å². The number of carboxylic acids is 1. The molecule has 0 heterocycles. The molecule has 0 aliphatic heterocycles. The lowest BCUT2D eigenvalue weighted by Crippen LogP contribution is -2.21. The van der Waals surface area contributed by atoms with Crippen molar-refractivity contribution in [2.75, 3.05) is 26.4 Å². The van der Waals surface area contributed by atoms with Crippen LogP contribution in [0, 0.1) is 5.92 Å². The van der Waals surface area contributed by atoms with Crippen molar-refractivity contribution in [3.8, 4) is 0 Å². The molecule has 0 spiro atoms. The average molecular weight is 358 g/mol. The van der Waals surface area contributed by atoms with Gasteiger partial charge in [-0.25, -0.2) is 0 Å². The monoisotopic (exact) mass is 358 g/mol. The maximum atomic E-state index is 11.8. The Morgan fingerprint density at radius 1 is 0.920 bits per heavy atom. The van der Waals surface area contributed by atoms with Crippen molar-refractivity contribution in [3.05, 3.63) is 0 Å². The Balaban J connectivity index is 3.58. The number of rotatable bonds is 18. The first-order chi connectivity index (χ1) is 12.0. The minimum Gasteiger partial charge on any atom is -0.481 e. The highest BCUT2D eigenvalue weighted by molar-refractivity contribution is 5.85. The highest BCUT2D eigenvalue weighted by Gasteiger charge is 2.21. The Morgan fingerprint density at radius 3 is 2.08 bits per heavy atom. The van der Waals surface area contributed by atoms with Gasteiger partial charge in [0.05, 0.1) is 5.92 Å². The van der Waals surface area contributed by atoms with Gasteiger partial charge in [0.25, 0.3) is 0 Å². The van der Waals surface area contributed by atoms with Crippen LogP contribution in [-0.2, 0) is 23.9 Å². The van der Waals surface area contributed by atoms with Crippen LogP contribution in [0.25, 0.3) is 0 Å². The van der Waals surface area contributed by atoms with E-state index in [1.54, 1.807) is 0 Å². The molecule has 0 saturated carbocycles. The smallest absolute Gasteiger partial charge is 0.306 e. The molecule has 0 unspecified atom stereocenters. The summed E-state index contributed by atoms with van der Waals surface area (Å²) in [5.74, 6) is -2.12. The van der Waals surface area contributed by atoms with Crippen molar-refractivity contribution in [1.82, 2.24) is 0 Å². The number of ketones is 2. The summed E-state index contributed by atoms with van der Waals surface area (Å²) in [6.45, 7) is 5.66. The van der Waals surface area contributed by atoms with Gasteiger partial charge in [-0.1, -0.05) is 26.2 Å². The van der Waals surface area contributed by atoms with Gasteiger partial charge in [-0.05, 0) is 32.6 Å². The van der Waals surface area contributed by atoms with Gasteiger partial charge in [-0.2, -0.15) is 0 Å². The van der Waals surface area contributed by atoms with E-state index in [1.165, 1.54) is 6.92 Å². The summed E-state index contributed by atoms with van der Waals surface area (Å²) in [5.41, 5.74) is 0. The zero-order valence-corrected chi connectivity index (χ0v) is 15.8. The molecule has 0 fully saturated rings. The van der Waals surface area contributed by atoms with Crippen LogP contribution in [0.3, 0.4) is 0 Å². The normalized spacial score (nSPS) is 12.1. The van der Waals surface area contributed by atoms with E-state index in [1.807, 2.05) is 0 Å². The van der Waals surface area contributed by atoms with Gasteiger partial charge in [0.1, 0.15) is 12.4 Å². The first-order valence-electron chi connectivity index (χ1n) is 9.36. The van der Waals surface area contributed by atoms with Crippen LogP contribution in [-0.4, -0.2) is 49.1 Å². The molecule has 0 radical (unpaired) electrons. The topological polar surface area (TPSA) is 89.9 Å². The van der Waals surface area contributed by atoms with Gasteiger partial charge in [0.15, 0.2) is 5.78 Å². The van der Waals surface area contributed by atoms with Crippen LogP contribution < -0.4 is 0 Å². The summed E-state index contributed by atoms with van der Waals surface area (Å²) in [6, 6.07) is 0. The molecule has 6 nitrogen and oxygen atoms in total. The quantitative estimate of drug-likeness (QED) is 0.378. The zero-order chi connectivity index (χ0) is 18.9. The third-order valence-corrected chi connectivity index (χ3v) is 3.90. The lowest BCUT2D eigenvalue weighted by Gasteiger charge is -2.10. The van der Waals surface area contributed by atoms with Crippen LogP contribution in [0.1, 0.15) is 71.6 Å². The van der Waals surface area contributed by atoms with E-state index < -0.39 is 11.9 Å². The number of carboxylic acid groups (broad SMARTS) is 1. The van der Waals surface area contributed by atoms with E-state index in [2.05, 4.69) is 6.92 Å². The number of Topliss-reactive ketones (excluding diaryl/α,β-unsaturated/α-hetero) is 2. The maximum absolute atomic E-state index is 11.8. The van der Waals surface area contributed by atoms with Crippen LogP contribution in [0.5, 0.6) is 0 Å². The summed E-state index contributed by atoms with van der Waals surface area (Å²) < 4.78 is 10.8. The molecule has 1 N–H and O–H groups in total. The summed E-state index contributed by atoms with van der Waals surface area (Å²) in [7, 11) is 0. The molecule has 146 valence electrons. The van der Waals surface area contributed by atoms with Gasteiger partial charge in [-0.3, -0.25) is 9.59 Å². The molecular formula is C19H34O6. The van der Waals surface area contributed by atoms with Gasteiger partial charge in [0.2, 0.25) is 0 Å². The van der Waals surface area contributed by atoms with Crippen molar-refractivity contribution in [3.63, 3.8) is 0 Å². The highest BCUT2D eigenvalue weighted by Crippen LogP contribution is 2.13. The molecule has 1 atom stereocenters. The van der Waals surface area contributed by atoms with Crippen molar-refractivity contribution >= 4 is 17.5 Å². The fourth-order valence-corrected chi connectivity index (χ4v) is 2.32. The van der Waals surface area contributed by atoms with Crippen LogP contribution in [0.2, 0.25) is 0 Å². The number of hydrogen-bond donors (Lipinski definition) is 1. The Bertz CT molecular complexity index is 380. The highest BCUT2D eigenvalue weighted by atomic mass is 16.5. The molecule has 0 aliphatic carbocycles. The Morgan fingerprint density at radius 2 is 1.52 bits per heavy atom. The molecule has 0 rings (SSSR count). The number of unbranched alkanes of at least 4 members (excludes halogenated alkanes) is 4. The van der Waals surface area contributed by atoms with Gasteiger partial charge < -0.3 is 19.4 Å².